The maximum atomic E-state index is 13.5. The van der Waals surface area contributed by atoms with Crippen molar-refractivity contribution >= 4 is 11.8 Å². The van der Waals surface area contributed by atoms with Gasteiger partial charge in [0.25, 0.3) is 6.04 Å². The largest absolute Gasteiger partial charge is 0.455 e. The lowest BCUT2D eigenvalue weighted by atomic mass is 9.77. The highest BCUT2D eigenvalue weighted by atomic mass is 19.4. The van der Waals surface area contributed by atoms with Gasteiger partial charge in [0.15, 0.2) is 6.54 Å². The zero-order valence-electron chi connectivity index (χ0n) is 20.4. The summed E-state index contributed by atoms with van der Waals surface area (Å²) in [6.07, 6.45) is 2.74. The van der Waals surface area contributed by atoms with Crippen molar-refractivity contribution in [3.8, 4) is 0 Å². The molecule has 0 aromatic rings. The van der Waals surface area contributed by atoms with E-state index in [1.807, 2.05) is 4.90 Å². The molecule has 0 bridgehead atoms. The maximum Gasteiger partial charge on any atom is 0.455 e. The number of alkyl halides is 3. The SMILES string of the molecule is COC1CCCCC1CCN1CNC2CCCC(NC(=O)C3CC[N+](=O)C(C(F)(F)F)C3)C2C1=O. The summed E-state index contributed by atoms with van der Waals surface area (Å²) in [6.45, 7) is 0.770. The molecule has 0 spiro atoms. The Bertz CT molecular complexity index is 795. The molecule has 2 aliphatic carbocycles. The standard InChI is InChI=1S/C24H37F3N4O4/c1-35-19-8-3-2-5-15(19)9-11-30-14-28-17-6-4-7-18(21(17)23(30)33)29-22(32)16-10-12-31(34)20(13-16)24(25,26)27/h15-21,28H,2-14H2,1H3/p+1. The first kappa shape index (κ1) is 26.3. The van der Waals surface area contributed by atoms with Crippen molar-refractivity contribution in [3.05, 3.63) is 4.91 Å². The zero-order chi connectivity index (χ0) is 25.2. The minimum absolute atomic E-state index is 0.00562. The van der Waals surface area contributed by atoms with Crippen LogP contribution in [0.2, 0.25) is 0 Å². The number of carbonyl (C=O) groups excluding carboxylic acids is 2. The molecule has 35 heavy (non-hydrogen) atoms. The molecular weight excluding hydrogens is 465 g/mol. The van der Waals surface area contributed by atoms with E-state index in [1.54, 1.807) is 7.11 Å². The number of carbonyl (C=O) groups is 2. The number of rotatable bonds is 6. The molecule has 0 aromatic heterocycles. The first-order valence-electron chi connectivity index (χ1n) is 13.0. The van der Waals surface area contributed by atoms with Crippen LogP contribution in [-0.2, 0) is 14.3 Å². The second-order valence-electron chi connectivity index (χ2n) is 10.7. The van der Waals surface area contributed by atoms with Gasteiger partial charge < -0.3 is 15.0 Å². The summed E-state index contributed by atoms with van der Waals surface area (Å²) in [4.78, 5) is 39.9. The van der Waals surface area contributed by atoms with Gasteiger partial charge in [-0.2, -0.15) is 13.2 Å². The number of piperidine rings is 1. The Morgan fingerprint density at radius 2 is 1.94 bits per heavy atom. The molecule has 198 valence electrons. The van der Waals surface area contributed by atoms with E-state index in [0.717, 1.165) is 32.1 Å². The molecule has 2 aliphatic heterocycles. The van der Waals surface area contributed by atoms with Gasteiger partial charge in [0.05, 0.1) is 24.6 Å². The number of amides is 2. The van der Waals surface area contributed by atoms with E-state index in [0.29, 0.717) is 25.6 Å². The number of halogens is 3. The van der Waals surface area contributed by atoms with Crippen molar-refractivity contribution in [2.24, 2.45) is 17.8 Å². The van der Waals surface area contributed by atoms with Crippen LogP contribution in [0.1, 0.15) is 64.2 Å². The smallest absolute Gasteiger partial charge is 0.381 e. The Kier molecular flexibility index (Phi) is 8.35. The van der Waals surface area contributed by atoms with Gasteiger partial charge in [-0.3, -0.25) is 14.9 Å². The molecule has 2 saturated heterocycles. The first-order valence-corrected chi connectivity index (χ1v) is 13.0. The highest BCUT2D eigenvalue weighted by Crippen LogP contribution is 2.34. The summed E-state index contributed by atoms with van der Waals surface area (Å²) >= 11 is 0. The highest BCUT2D eigenvalue weighted by molar-refractivity contribution is 5.84. The number of nitrogens with zero attached hydrogens (tertiary/aromatic N) is 2. The van der Waals surface area contributed by atoms with Crippen LogP contribution in [0.4, 0.5) is 13.2 Å². The van der Waals surface area contributed by atoms with Gasteiger partial charge in [-0.15, -0.1) is 0 Å². The monoisotopic (exact) mass is 503 g/mol. The Morgan fingerprint density at radius 3 is 2.69 bits per heavy atom. The minimum atomic E-state index is -4.67. The molecule has 0 radical (unpaired) electrons. The molecule has 4 fully saturated rings. The van der Waals surface area contributed by atoms with Gasteiger partial charge in [0, 0.05) is 48.2 Å². The molecule has 7 unspecified atom stereocenters. The average molecular weight is 504 g/mol. The summed E-state index contributed by atoms with van der Waals surface area (Å²) in [5.41, 5.74) is 0. The Balaban J connectivity index is 1.37. The summed E-state index contributed by atoms with van der Waals surface area (Å²) < 4.78 is 45.3. The van der Waals surface area contributed by atoms with Gasteiger partial charge in [0.1, 0.15) is 0 Å². The maximum absolute atomic E-state index is 13.5. The molecule has 4 rings (SSSR count). The molecule has 11 heteroatoms. The molecular formula is C24H38F3N4O4+. The van der Waals surface area contributed by atoms with Crippen molar-refractivity contribution < 1.29 is 32.3 Å². The second-order valence-corrected chi connectivity index (χ2v) is 10.7. The van der Waals surface area contributed by atoms with Crippen LogP contribution >= 0.6 is 0 Å². The number of methoxy groups -OCH3 is 1. The normalized spacial score (nSPS) is 36.6. The Hall–Kier alpha value is -1.75. The van der Waals surface area contributed by atoms with E-state index < -0.39 is 42.4 Å². The van der Waals surface area contributed by atoms with Gasteiger partial charge >= 0.3 is 6.18 Å². The van der Waals surface area contributed by atoms with E-state index >= 15 is 0 Å². The lowest BCUT2D eigenvalue weighted by Gasteiger charge is -2.45. The van der Waals surface area contributed by atoms with Crippen LogP contribution in [0.15, 0.2) is 0 Å². The first-order chi connectivity index (χ1) is 16.7. The van der Waals surface area contributed by atoms with E-state index in [2.05, 4.69) is 10.6 Å². The Morgan fingerprint density at radius 1 is 1.17 bits per heavy atom. The van der Waals surface area contributed by atoms with E-state index in [9.17, 15) is 27.7 Å². The topological polar surface area (TPSA) is 90.8 Å². The summed E-state index contributed by atoms with van der Waals surface area (Å²) in [7, 11) is 1.74. The molecule has 7 atom stereocenters. The molecule has 4 aliphatic rings. The zero-order valence-corrected chi connectivity index (χ0v) is 20.4. The predicted octanol–water partition coefficient (Wildman–Crippen LogP) is 2.74. The number of fused-ring (bicyclic) bond motifs is 1. The van der Waals surface area contributed by atoms with Crippen LogP contribution in [0.3, 0.4) is 0 Å². The number of nitrogens with one attached hydrogen (secondary N) is 2. The molecule has 0 aromatic carbocycles. The lowest BCUT2D eigenvalue weighted by Crippen LogP contribution is -2.64. The summed E-state index contributed by atoms with van der Waals surface area (Å²) in [5.74, 6) is -1.36. The van der Waals surface area contributed by atoms with E-state index in [1.165, 1.54) is 12.8 Å². The van der Waals surface area contributed by atoms with Crippen LogP contribution in [-0.4, -0.2) is 78.7 Å². The Labute approximate surface area is 204 Å². The quantitative estimate of drug-likeness (QED) is 0.544. The van der Waals surface area contributed by atoms with Gasteiger partial charge in [0.2, 0.25) is 11.8 Å². The van der Waals surface area contributed by atoms with Crippen molar-refractivity contribution in [2.75, 3.05) is 26.9 Å². The number of ether oxygens (including phenoxy) is 1. The fourth-order valence-corrected chi connectivity index (χ4v) is 6.55. The van der Waals surface area contributed by atoms with Gasteiger partial charge in [-0.05, 0) is 44.4 Å². The molecule has 2 heterocycles. The lowest BCUT2D eigenvalue weighted by molar-refractivity contribution is -0.628. The minimum Gasteiger partial charge on any atom is -0.381 e. The third kappa shape index (κ3) is 5.98. The van der Waals surface area contributed by atoms with E-state index in [4.69, 9.17) is 4.74 Å². The van der Waals surface area contributed by atoms with Crippen LogP contribution < -0.4 is 10.6 Å². The van der Waals surface area contributed by atoms with Crippen LogP contribution in [0, 0.1) is 22.7 Å². The van der Waals surface area contributed by atoms with Crippen molar-refractivity contribution in [1.29, 1.82) is 0 Å². The van der Waals surface area contributed by atoms with Crippen LogP contribution in [0.25, 0.3) is 0 Å². The third-order valence-electron chi connectivity index (χ3n) is 8.58. The van der Waals surface area contributed by atoms with Gasteiger partial charge in [-0.1, -0.05) is 12.8 Å². The fraction of sp³-hybridized carbons (Fsp3) is 0.917. The molecule has 8 nitrogen and oxygen atoms in total. The fourth-order valence-electron chi connectivity index (χ4n) is 6.55. The molecule has 2 N–H and O–H groups in total. The van der Waals surface area contributed by atoms with E-state index in [-0.39, 0.29) is 35.8 Å². The second kappa shape index (κ2) is 11.1. The van der Waals surface area contributed by atoms with Crippen molar-refractivity contribution in [1.82, 2.24) is 15.5 Å². The molecule has 2 amide bonds. The predicted molar refractivity (Wildman–Crippen MR) is 121 cm³/mol. The van der Waals surface area contributed by atoms with Gasteiger partial charge in [-0.25, -0.2) is 0 Å². The highest BCUT2D eigenvalue weighted by Gasteiger charge is 2.55. The number of hydrogen-bond acceptors (Lipinski definition) is 5. The van der Waals surface area contributed by atoms with Crippen molar-refractivity contribution in [3.63, 3.8) is 0 Å². The summed E-state index contributed by atoms with van der Waals surface area (Å²) in [5, 5.41) is 6.37. The molecule has 2 saturated carbocycles. The summed E-state index contributed by atoms with van der Waals surface area (Å²) in [6, 6.07) is -2.62. The number of hydrogen-bond donors (Lipinski definition) is 2. The number of nitroso groups, excluding NO2 is 1. The third-order valence-corrected chi connectivity index (χ3v) is 8.58. The van der Waals surface area contributed by atoms with Crippen molar-refractivity contribution in [2.45, 2.75) is 94.6 Å². The van der Waals surface area contributed by atoms with Crippen LogP contribution in [0.5, 0.6) is 0 Å². The average Bonchev–Trinajstić information content (AvgIpc) is 2.83.